The van der Waals surface area contributed by atoms with Crippen molar-refractivity contribution in [3.63, 3.8) is 0 Å². The van der Waals surface area contributed by atoms with Gasteiger partial charge in [0.1, 0.15) is 0 Å². The Morgan fingerprint density at radius 1 is 1.17 bits per heavy atom. The molecule has 0 spiro atoms. The van der Waals surface area contributed by atoms with Crippen LogP contribution >= 0.6 is 0 Å². The van der Waals surface area contributed by atoms with E-state index >= 15 is 0 Å². The summed E-state index contributed by atoms with van der Waals surface area (Å²) in [4.78, 5) is 28.4. The smallest absolute Gasteiger partial charge is 0.224 e. The van der Waals surface area contributed by atoms with Gasteiger partial charge in [0.05, 0.1) is 0 Å². The highest BCUT2D eigenvalue weighted by Crippen LogP contribution is 2.21. The molecule has 0 bridgehead atoms. The van der Waals surface area contributed by atoms with E-state index in [-0.39, 0.29) is 11.8 Å². The molecule has 4 nitrogen and oxygen atoms in total. The third kappa shape index (κ3) is 4.59. The lowest BCUT2D eigenvalue weighted by Crippen LogP contribution is -2.44. The molecule has 1 atom stereocenters. The van der Waals surface area contributed by atoms with Gasteiger partial charge in [0.2, 0.25) is 11.8 Å². The first-order valence-corrected chi connectivity index (χ1v) is 9.23. The van der Waals surface area contributed by atoms with Gasteiger partial charge in [-0.25, -0.2) is 0 Å². The van der Waals surface area contributed by atoms with E-state index in [4.69, 9.17) is 0 Å². The molecule has 1 heterocycles. The van der Waals surface area contributed by atoms with Gasteiger partial charge in [-0.1, -0.05) is 26.0 Å². The number of aryl methyl sites for hydroxylation is 1. The minimum absolute atomic E-state index is 0.0160. The van der Waals surface area contributed by atoms with Crippen molar-refractivity contribution in [3.05, 3.63) is 29.8 Å². The number of amides is 2. The number of carbonyl (C=O) groups is 2. The number of hydrogen-bond acceptors (Lipinski definition) is 2. The Hall–Kier alpha value is -1.84. The van der Waals surface area contributed by atoms with Gasteiger partial charge in [-0.15, -0.1) is 0 Å². The first-order chi connectivity index (χ1) is 11.6. The quantitative estimate of drug-likeness (QED) is 0.796. The molecule has 2 amide bonds. The summed E-state index contributed by atoms with van der Waals surface area (Å²) >= 11 is 0. The van der Waals surface area contributed by atoms with Crippen LogP contribution in [0.2, 0.25) is 0 Å². The number of likely N-dealkylation sites (tertiary alicyclic amines) is 1. The average Bonchev–Trinajstić information content (AvgIpc) is 2.61. The Morgan fingerprint density at radius 2 is 1.88 bits per heavy atom. The Balaban J connectivity index is 2.00. The molecule has 2 rings (SSSR count). The Labute approximate surface area is 145 Å². The van der Waals surface area contributed by atoms with Gasteiger partial charge in [-0.05, 0) is 49.8 Å². The molecule has 0 aromatic heterocycles. The van der Waals surface area contributed by atoms with Crippen LogP contribution in [0.4, 0.5) is 5.69 Å². The van der Waals surface area contributed by atoms with Crippen molar-refractivity contribution in [2.45, 2.75) is 65.3 Å². The van der Waals surface area contributed by atoms with Gasteiger partial charge in [0.25, 0.3) is 0 Å². The molecule has 0 radical (unpaired) electrons. The molecular formula is C20H30N2O2. The number of piperidine rings is 1. The molecule has 0 saturated carbocycles. The average molecular weight is 330 g/mol. The predicted octanol–water partition coefficient (Wildman–Crippen LogP) is 3.78. The van der Waals surface area contributed by atoms with E-state index in [1.54, 1.807) is 11.8 Å². The minimum Gasteiger partial charge on any atom is -0.340 e. The van der Waals surface area contributed by atoms with Crippen LogP contribution in [0.15, 0.2) is 24.3 Å². The van der Waals surface area contributed by atoms with E-state index in [1.165, 1.54) is 12.0 Å². The van der Waals surface area contributed by atoms with Crippen LogP contribution in [0.25, 0.3) is 0 Å². The third-order valence-corrected chi connectivity index (χ3v) is 5.00. The molecule has 1 aliphatic heterocycles. The zero-order valence-corrected chi connectivity index (χ0v) is 15.3. The summed E-state index contributed by atoms with van der Waals surface area (Å²) in [6, 6.07) is 8.41. The van der Waals surface area contributed by atoms with Crippen LogP contribution in [0.1, 0.15) is 58.4 Å². The van der Waals surface area contributed by atoms with Crippen LogP contribution in [-0.2, 0) is 16.0 Å². The monoisotopic (exact) mass is 330 g/mol. The van der Waals surface area contributed by atoms with Crippen LogP contribution in [0, 0.1) is 0 Å². The lowest BCUT2D eigenvalue weighted by Gasteiger charge is -2.35. The van der Waals surface area contributed by atoms with Crippen molar-refractivity contribution < 1.29 is 9.59 Å². The number of carbonyl (C=O) groups excluding carboxylic acids is 2. The van der Waals surface area contributed by atoms with Crippen LogP contribution < -0.4 is 4.90 Å². The first kappa shape index (κ1) is 18.5. The highest BCUT2D eigenvalue weighted by atomic mass is 16.2. The summed E-state index contributed by atoms with van der Waals surface area (Å²) in [6.07, 6.45) is 5.80. The number of anilines is 1. The topological polar surface area (TPSA) is 40.6 Å². The molecule has 4 heteroatoms. The standard InChI is InChI=1S/C20H30N2O2/c1-4-17-9-11-19(12-10-17)21(16(3)23)15-13-20(24)22-14-7-6-8-18(22)5-2/h9-12,18H,4-8,13-15H2,1-3H3. The molecule has 1 aromatic rings. The summed E-state index contributed by atoms with van der Waals surface area (Å²) in [5.74, 6) is 0.163. The van der Waals surface area contributed by atoms with Crippen LogP contribution in [-0.4, -0.2) is 35.8 Å². The molecule has 0 aliphatic carbocycles. The maximum atomic E-state index is 12.6. The maximum Gasteiger partial charge on any atom is 0.224 e. The summed E-state index contributed by atoms with van der Waals surface area (Å²) in [7, 11) is 0. The summed E-state index contributed by atoms with van der Waals surface area (Å²) in [5.41, 5.74) is 2.12. The van der Waals surface area contributed by atoms with E-state index in [2.05, 4.69) is 13.8 Å². The van der Waals surface area contributed by atoms with Crippen molar-refractivity contribution in [3.8, 4) is 0 Å². The second-order valence-corrected chi connectivity index (χ2v) is 6.59. The first-order valence-electron chi connectivity index (χ1n) is 9.23. The highest BCUT2D eigenvalue weighted by molar-refractivity contribution is 5.92. The molecule has 24 heavy (non-hydrogen) atoms. The number of benzene rings is 1. The zero-order valence-electron chi connectivity index (χ0n) is 15.3. The second-order valence-electron chi connectivity index (χ2n) is 6.59. The van der Waals surface area contributed by atoms with E-state index in [0.717, 1.165) is 37.9 Å². The maximum absolute atomic E-state index is 12.6. The molecule has 1 unspecified atom stereocenters. The van der Waals surface area contributed by atoms with E-state index < -0.39 is 0 Å². The number of nitrogens with zero attached hydrogens (tertiary/aromatic N) is 2. The molecule has 1 fully saturated rings. The molecule has 1 aliphatic rings. The fourth-order valence-corrected chi connectivity index (χ4v) is 3.48. The molecule has 1 saturated heterocycles. The van der Waals surface area contributed by atoms with Gasteiger partial charge in [-0.3, -0.25) is 9.59 Å². The Morgan fingerprint density at radius 3 is 2.46 bits per heavy atom. The minimum atomic E-state index is -0.0160. The van der Waals surface area contributed by atoms with Crippen molar-refractivity contribution >= 4 is 17.5 Å². The summed E-state index contributed by atoms with van der Waals surface area (Å²) in [6.45, 7) is 7.13. The fourth-order valence-electron chi connectivity index (χ4n) is 3.48. The van der Waals surface area contributed by atoms with Gasteiger partial charge in [0.15, 0.2) is 0 Å². The zero-order chi connectivity index (χ0) is 17.5. The molecule has 1 aromatic carbocycles. The normalized spacial score (nSPS) is 17.6. The van der Waals surface area contributed by atoms with Crippen molar-refractivity contribution in [1.29, 1.82) is 0 Å². The largest absolute Gasteiger partial charge is 0.340 e. The number of hydrogen-bond donors (Lipinski definition) is 0. The fraction of sp³-hybridized carbons (Fsp3) is 0.600. The van der Waals surface area contributed by atoms with Crippen LogP contribution in [0.5, 0.6) is 0 Å². The lowest BCUT2D eigenvalue weighted by atomic mass is 9.99. The summed E-state index contributed by atoms with van der Waals surface area (Å²) < 4.78 is 0. The van der Waals surface area contributed by atoms with Crippen molar-refractivity contribution in [2.75, 3.05) is 18.0 Å². The second kappa shape index (κ2) is 8.86. The SMILES string of the molecule is CCc1ccc(N(CCC(=O)N2CCCCC2CC)C(C)=O)cc1. The summed E-state index contributed by atoms with van der Waals surface area (Å²) in [5, 5.41) is 0. The van der Waals surface area contributed by atoms with E-state index in [1.807, 2.05) is 29.2 Å². The molecule has 132 valence electrons. The van der Waals surface area contributed by atoms with Gasteiger partial charge in [0, 0.05) is 38.2 Å². The van der Waals surface area contributed by atoms with Gasteiger partial charge >= 0.3 is 0 Å². The van der Waals surface area contributed by atoms with Crippen molar-refractivity contribution in [1.82, 2.24) is 4.90 Å². The van der Waals surface area contributed by atoms with Gasteiger partial charge in [-0.2, -0.15) is 0 Å². The molecular weight excluding hydrogens is 300 g/mol. The van der Waals surface area contributed by atoms with Crippen molar-refractivity contribution in [2.24, 2.45) is 0 Å². The lowest BCUT2D eigenvalue weighted by molar-refractivity contribution is -0.134. The van der Waals surface area contributed by atoms with E-state index in [0.29, 0.717) is 19.0 Å². The molecule has 0 N–H and O–H groups in total. The van der Waals surface area contributed by atoms with Gasteiger partial charge < -0.3 is 9.80 Å². The van der Waals surface area contributed by atoms with Crippen LogP contribution in [0.3, 0.4) is 0 Å². The third-order valence-electron chi connectivity index (χ3n) is 5.00. The van der Waals surface area contributed by atoms with E-state index in [9.17, 15) is 9.59 Å². The predicted molar refractivity (Wildman–Crippen MR) is 98.1 cm³/mol. The Bertz CT molecular complexity index is 553. The Kier molecular flexibility index (Phi) is 6.83. The number of rotatable bonds is 6. The highest BCUT2D eigenvalue weighted by Gasteiger charge is 2.25.